The zero-order valence-corrected chi connectivity index (χ0v) is 13.6. The van der Waals surface area contributed by atoms with Gasteiger partial charge in [-0.3, -0.25) is 9.59 Å². The van der Waals surface area contributed by atoms with E-state index < -0.39 is 0 Å². The summed E-state index contributed by atoms with van der Waals surface area (Å²) < 4.78 is 0.941. The molecular formula is C17H13ClN2O2S. The van der Waals surface area contributed by atoms with Crippen LogP contribution in [0.25, 0.3) is 10.1 Å². The molecule has 2 aromatic carbocycles. The number of benzene rings is 2. The number of hydrogen-bond donors (Lipinski definition) is 2. The lowest BCUT2D eigenvalue weighted by atomic mass is 10.2. The van der Waals surface area contributed by atoms with Gasteiger partial charge in [0.15, 0.2) is 0 Å². The van der Waals surface area contributed by atoms with E-state index in [1.807, 2.05) is 42.5 Å². The molecule has 0 saturated carbocycles. The van der Waals surface area contributed by atoms with Gasteiger partial charge in [-0.15, -0.1) is 11.3 Å². The number of para-hydroxylation sites is 1. The molecule has 3 aromatic rings. The fraction of sp³-hybridized carbons (Fsp3) is 0.0588. The van der Waals surface area contributed by atoms with Crippen LogP contribution in [0.15, 0.2) is 54.6 Å². The van der Waals surface area contributed by atoms with Gasteiger partial charge in [-0.05, 0) is 18.2 Å². The number of fused-ring (bicyclic) bond motifs is 1. The van der Waals surface area contributed by atoms with Crippen molar-refractivity contribution in [1.82, 2.24) is 5.32 Å². The fourth-order valence-electron chi connectivity index (χ4n) is 2.13. The Hall–Kier alpha value is -2.37. The number of hydrogen-bond acceptors (Lipinski definition) is 3. The highest BCUT2D eigenvalue weighted by atomic mass is 35.5. The number of carbonyl (C=O) groups excluding carboxylic acids is 2. The van der Waals surface area contributed by atoms with Crippen molar-refractivity contribution in [2.75, 3.05) is 11.9 Å². The number of amides is 2. The summed E-state index contributed by atoms with van der Waals surface area (Å²) in [6, 6.07) is 16.6. The maximum atomic E-state index is 12.2. The SMILES string of the molecule is O=C(CNC(=O)c1sc2ccccc2c1Cl)Nc1ccccc1. The molecule has 0 spiro atoms. The molecule has 4 nitrogen and oxygen atoms in total. The van der Waals surface area contributed by atoms with Gasteiger partial charge >= 0.3 is 0 Å². The van der Waals surface area contributed by atoms with Gasteiger partial charge in [0.1, 0.15) is 4.88 Å². The maximum absolute atomic E-state index is 12.2. The third-order valence-electron chi connectivity index (χ3n) is 3.21. The van der Waals surface area contributed by atoms with Gasteiger partial charge in [-0.25, -0.2) is 0 Å². The lowest BCUT2D eigenvalue weighted by molar-refractivity contribution is -0.115. The molecule has 0 saturated heterocycles. The third kappa shape index (κ3) is 3.52. The van der Waals surface area contributed by atoms with E-state index >= 15 is 0 Å². The van der Waals surface area contributed by atoms with E-state index in [4.69, 9.17) is 11.6 Å². The first kappa shape index (κ1) is 15.5. The van der Waals surface area contributed by atoms with Crippen LogP contribution in [0.5, 0.6) is 0 Å². The molecule has 0 radical (unpaired) electrons. The van der Waals surface area contributed by atoms with Crippen LogP contribution in [-0.2, 0) is 4.79 Å². The summed E-state index contributed by atoms with van der Waals surface area (Å²) in [4.78, 5) is 24.5. The summed E-state index contributed by atoms with van der Waals surface area (Å²) in [6.07, 6.45) is 0. The molecule has 3 rings (SSSR count). The van der Waals surface area contributed by atoms with Gasteiger partial charge < -0.3 is 10.6 Å². The number of anilines is 1. The van der Waals surface area contributed by atoms with Gasteiger partial charge in [0, 0.05) is 15.8 Å². The quantitative estimate of drug-likeness (QED) is 0.753. The van der Waals surface area contributed by atoms with E-state index in [-0.39, 0.29) is 18.4 Å². The van der Waals surface area contributed by atoms with Crippen molar-refractivity contribution in [2.45, 2.75) is 0 Å². The zero-order valence-electron chi connectivity index (χ0n) is 12.0. The highest BCUT2D eigenvalue weighted by molar-refractivity contribution is 7.21. The summed E-state index contributed by atoms with van der Waals surface area (Å²) in [5, 5.41) is 6.57. The Balaban J connectivity index is 1.64. The second-order valence-electron chi connectivity index (χ2n) is 4.84. The number of rotatable bonds is 4. The first-order valence-corrected chi connectivity index (χ1v) is 8.15. The second-order valence-corrected chi connectivity index (χ2v) is 6.27. The molecule has 2 N–H and O–H groups in total. The molecule has 0 aliphatic carbocycles. The van der Waals surface area contributed by atoms with Gasteiger partial charge in [0.05, 0.1) is 11.6 Å². The fourth-order valence-corrected chi connectivity index (χ4v) is 3.56. The van der Waals surface area contributed by atoms with E-state index in [1.54, 1.807) is 12.1 Å². The van der Waals surface area contributed by atoms with Crippen LogP contribution in [-0.4, -0.2) is 18.4 Å². The Labute approximate surface area is 142 Å². The molecule has 2 amide bonds. The minimum atomic E-state index is -0.348. The molecule has 0 atom stereocenters. The van der Waals surface area contributed by atoms with Crippen LogP contribution in [0.3, 0.4) is 0 Å². The molecule has 0 unspecified atom stereocenters. The van der Waals surface area contributed by atoms with Crippen LogP contribution in [0, 0.1) is 0 Å². The summed E-state index contributed by atoms with van der Waals surface area (Å²) in [7, 11) is 0. The van der Waals surface area contributed by atoms with Gasteiger partial charge in [-0.1, -0.05) is 48.0 Å². The molecule has 0 aliphatic heterocycles. The van der Waals surface area contributed by atoms with E-state index in [1.165, 1.54) is 11.3 Å². The Morgan fingerprint density at radius 2 is 1.70 bits per heavy atom. The number of thiophene rings is 1. The number of halogens is 1. The second kappa shape index (κ2) is 6.81. The van der Waals surface area contributed by atoms with E-state index in [2.05, 4.69) is 10.6 Å². The molecule has 0 fully saturated rings. The zero-order chi connectivity index (χ0) is 16.2. The van der Waals surface area contributed by atoms with Crippen molar-refractivity contribution in [3.05, 3.63) is 64.5 Å². The third-order valence-corrected chi connectivity index (χ3v) is 4.88. The lowest BCUT2D eigenvalue weighted by Gasteiger charge is -2.06. The van der Waals surface area contributed by atoms with Crippen LogP contribution >= 0.6 is 22.9 Å². The number of nitrogens with one attached hydrogen (secondary N) is 2. The van der Waals surface area contributed by atoms with Crippen LogP contribution in [0.4, 0.5) is 5.69 Å². The molecule has 1 heterocycles. The summed E-state index contributed by atoms with van der Waals surface area (Å²) in [5.41, 5.74) is 0.687. The van der Waals surface area contributed by atoms with Gasteiger partial charge in [-0.2, -0.15) is 0 Å². The molecule has 0 bridgehead atoms. The van der Waals surface area contributed by atoms with E-state index in [0.29, 0.717) is 15.6 Å². The van der Waals surface area contributed by atoms with Crippen LogP contribution < -0.4 is 10.6 Å². The summed E-state index contributed by atoms with van der Waals surface area (Å²) in [6.45, 7) is -0.113. The molecule has 0 aliphatic rings. The average molecular weight is 345 g/mol. The van der Waals surface area contributed by atoms with Crippen molar-refractivity contribution in [3.63, 3.8) is 0 Å². The maximum Gasteiger partial charge on any atom is 0.263 e. The highest BCUT2D eigenvalue weighted by Crippen LogP contribution is 2.34. The minimum absolute atomic E-state index is 0.113. The Morgan fingerprint density at radius 3 is 2.43 bits per heavy atom. The minimum Gasteiger partial charge on any atom is -0.342 e. The Kier molecular flexibility index (Phi) is 4.60. The molecule has 23 heavy (non-hydrogen) atoms. The highest BCUT2D eigenvalue weighted by Gasteiger charge is 2.17. The van der Waals surface area contributed by atoms with Crippen molar-refractivity contribution >= 4 is 50.5 Å². The molecule has 1 aromatic heterocycles. The van der Waals surface area contributed by atoms with Crippen LogP contribution in [0.2, 0.25) is 5.02 Å². The van der Waals surface area contributed by atoms with Gasteiger partial charge in [0.2, 0.25) is 5.91 Å². The van der Waals surface area contributed by atoms with Crippen molar-refractivity contribution < 1.29 is 9.59 Å². The molecule has 6 heteroatoms. The normalized spacial score (nSPS) is 10.5. The topological polar surface area (TPSA) is 58.2 Å². The summed E-state index contributed by atoms with van der Waals surface area (Å²) >= 11 is 7.56. The monoisotopic (exact) mass is 344 g/mol. The average Bonchev–Trinajstić information content (AvgIpc) is 2.91. The lowest BCUT2D eigenvalue weighted by Crippen LogP contribution is -2.32. The van der Waals surface area contributed by atoms with Crippen LogP contribution in [0.1, 0.15) is 9.67 Å². The van der Waals surface area contributed by atoms with Crippen molar-refractivity contribution in [2.24, 2.45) is 0 Å². The van der Waals surface area contributed by atoms with E-state index in [0.717, 1.165) is 10.1 Å². The first-order valence-electron chi connectivity index (χ1n) is 6.95. The van der Waals surface area contributed by atoms with Crippen molar-refractivity contribution in [1.29, 1.82) is 0 Å². The predicted octanol–water partition coefficient (Wildman–Crippen LogP) is 3.92. The molecular weight excluding hydrogens is 332 g/mol. The number of carbonyl (C=O) groups is 2. The van der Waals surface area contributed by atoms with Crippen molar-refractivity contribution in [3.8, 4) is 0 Å². The van der Waals surface area contributed by atoms with E-state index in [9.17, 15) is 9.59 Å². The largest absolute Gasteiger partial charge is 0.342 e. The Bertz CT molecular complexity index is 861. The van der Waals surface area contributed by atoms with Gasteiger partial charge in [0.25, 0.3) is 5.91 Å². The smallest absolute Gasteiger partial charge is 0.263 e. The first-order chi connectivity index (χ1) is 11.1. The summed E-state index contributed by atoms with van der Waals surface area (Å²) in [5.74, 6) is -0.638. The standard InChI is InChI=1S/C17H13ClN2O2S/c18-15-12-8-4-5-9-13(12)23-16(15)17(22)19-10-14(21)20-11-6-2-1-3-7-11/h1-9H,10H2,(H,19,22)(H,20,21). The molecule has 116 valence electrons. The Morgan fingerprint density at radius 1 is 1.00 bits per heavy atom. The predicted molar refractivity (Wildman–Crippen MR) is 94.2 cm³/mol.